The molecule has 5 rings (SSSR count). The van der Waals surface area contributed by atoms with Gasteiger partial charge in [-0.05, 0) is 60.5 Å². The topological polar surface area (TPSA) is 93.5 Å². The van der Waals surface area contributed by atoms with Crippen LogP contribution >= 0.6 is 34.8 Å². The summed E-state index contributed by atoms with van der Waals surface area (Å²) >= 11 is 18.9. The van der Waals surface area contributed by atoms with Gasteiger partial charge >= 0.3 is 29.6 Å². The van der Waals surface area contributed by atoms with E-state index in [-0.39, 0.29) is 76.3 Å². The molecule has 2 heterocycles. The van der Waals surface area contributed by atoms with Crippen LogP contribution in [0.25, 0.3) is 5.69 Å². The fraction of sp³-hybridized carbons (Fsp3) is 0.148. The Morgan fingerprint density at radius 1 is 1.11 bits per heavy atom. The molecule has 3 aromatic carbocycles. The average Bonchev–Trinajstić information content (AvgIpc) is 3.35. The molecule has 7 nitrogen and oxygen atoms in total. The number of fused-ring (bicyclic) bond motifs is 1. The molecule has 0 fully saturated rings. The van der Waals surface area contributed by atoms with E-state index in [0.717, 1.165) is 11.3 Å². The molecule has 0 bridgehead atoms. The summed E-state index contributed by atoms with van der Waals surface area (Å²) in [5, 5.41) is 16.6. The van der Waals surface area contributed by atoms with Gasteiger partial charge in [0, 0.05) is 40.7 Å². The summed E-state index contributed by atoms with van der Waals surface area (Å²) in [6.45, 7) is 0.182. The number of halogens is 3. The third kappa shape index (κ3) is 6.04. The monoisotopic (exact) mass is 578 g/mol. The number of carboxylic acid groups (broad SMARTS) is 1. The van der Waals surface area contributed by atoms with Crippen LogP contribution in [0.3, 0.4) is 0 Å². The van der Waals surface area contributed by atoms with Crippen molar-refractivity contribution in [1.82, 2.24) is 9.78 Å². The minimum absolute atomic E-state index is 0. The molecule has 1 aromatic heterocycles. The Balaban J connectivity index is 0.00000336. The van der Waals surface area contributed by atoms with Gasteiger partial charge in [-0.25, -0.2) is 4.68 Å². The molecule has 0 saturated carbocycles. The van der Waals surface area contributed by atoms with Crippen molar-refractivity contribution >= 4 is 46.6 Å². The Morgan fingerprint density at radius 3 is 2.58 bits per heavy atom. The van der Waals surface area contributed by atoms with Crippen LogP contribution in [0, 0.1) is 0 Å². The fourth-order valence-electron chi connectivity index (χ4n) is 4.11. The van der Waals surface area contributed by atoms with Gasteiger partial charge in [0.25, 0.3) is 0 Å². The van der Waals surface area contributed by atoms with Crippen molar-refractivity contribution in [3.63, 3.8) is 0 Å². The van der Waals surface area contributed by atoms with Gasteiger partial charge in [-0.1, -0.05) is 40.9 Å². The number of nitrogens with zero attached hydrogens (tertiary/aromatic N) is 2. The van der Waals surface area contributed by atoms with Crippen LogP contribution in [0.15, 0.2) is 67.0 Å². The molecule has 0 spiro atoms. The first kappa shape index (κ1) is 28.5. The first-order valence-electron chi connectivity index (χ1n) is 11.3. The number of hydrogen-bond donors (Lipinski definition) is 0. The van der Waals surface area contributed by atoms with Crippen molar-refractivity contribution in [2.24, 2.45) is 0 Å². The number of ketones is 1. The van der Waals surface area contributed by atoms with Gasteiger partial charge in [-0.15, -0.1) is 0 Å². The third-order valence-electron chi connectivity index (χ3n) is 5.94. The predicted octanol–water partition coefficient (Wildman–Crippen LogP) is 2.67. The maximum Gasteiger partial charge on any atom is 1.00 e. The van der Waals surface area contributed by atoms with Crippen molar-refractivity contribution < 1.29 is 53.7 Å². The number of benzene rings is 3. The Labute approximate surface area is 255 Å². The van der Waals surface area contributed by atoms with Crippen LogP contribution in [0.4, 0.5) is 0 Å². The van der Waals surface area contributed by atoms with Gasteiger partial charge in [0.05, 0.1) is 23.5 Å². The fourth-order valence-corrected chi connectivity index (χ4v) is 4.89. The zero-order valence-corrected chi connectivity index (χ0v) is 24.4. The second-order valence-corrected chi connectivity index (χ2v) is 9.65. The summed E-state index contributed by atoms with van der Waals surface area (Å²) in [4.78, 5) is 24.3. The van der Waals surface area contributed by atoms with Crippen LogP contribution in [-0.2, 0) is 11.2 Å². The number of ether oxygens (including phenoxy) is 2. The van der Waals surface area contributed by atoms with E-state index in [4.69, 9.17) is 44.3 Å². The van der Waals surface area contributed by atoms with Crippen LogP contribution in [0.1, 0.15) is 33.8 Å². The second-order valence-electron chi connectivity index (χ2n) is 8.43. The summed E-state index contributed by atoms with van der Waals surface area (Å²) in [6, 6.07) is 15.3. The molecule has 1 atom stereocenters. The van der Waals surface area contributed by atoms with Crippen LogP contribution in [0.2, 0.25) is 15.1 Å². The largest absolute Gasteiger partial charge is 1.00 e. The molecule has 0 N–H and O–H groups in total. The molecule has 4 aromatic rings. The van der Waals surface area contributed by atoms with Crippen molar-refractivity contribution in [2.75, 3.05) is 6.61 Å². The Morgan fingerprint density at radius 2 is 1.87 bits per heavy atom. The molecule has 1 aliphatic heterocycles. The van der Waals surface area contributed by atoms with Gasteiger partial charge in [-0.2, -0.15) is 5.10 Å². The standard InChI is InChI=1S/C27H19Cl3N2O5.Na/c28-17-2-1-3-18(11-17)32-14-15(13-31-32)10-23(33)16-4-6-19(7-5-16)37-26-22(29)12-21-20(27(34)35)8-9-36-25(21)24(26)30;/h1-7,11-14,20H,8-10H2,(H,34,35);/q;+1/p-1. The summed E-state index contributed by atoms with van der Waals surface area (Å²) in [5.41, 5.74) is 2.40. The van der Waals surface area contributed by atoms with Gasteiger partial charge < -0.3 is 19.4 Å². The normalized spacial score (nSPS) is 14.1. The molecule has 0 saturated heterocycles. The average molecular weight is 580 g/mol. The summed E-state index contributed by atoms with van der Waals surface area (Å²) in [6.07, 6.45) is 3.86. The molecular formula is C27H18Cl3N2NaO5. The van der Waals surface area contributed by atoms with Crippen LogP contribution in [0.5, 0.6) is 17.2 Å². The smallest absolute Gasteiger partial charge is 0.549 e. The number of carbonyl (C=O) groups is 2. The quantitative estimate of drug-likeness (QED) is 0.247. The second kappa shape index (κ2) is 12.1. The van der Waals surface area contributed by atoms with Crippen molar-refractivity contribution in [3.8, 4) is 22.9 Å². The third-order valence-corrected chi connectivity index (χ3v) is 6.80. The number of aliphatic carboxylic acids is 1. The molecule has 11 heteroatoms. The van der Waals surface area contributed by atoms with E-state index in [0.29, 0.717) is 21.9 Å². The van der Waals surface area contributed by atoms with Crippen LogP contribution in [-0.4, -0.2) is 28.1 Å². The first-order valence-corrected chi connectivity index (χ1v) is 12.4. The number of hydrogen-bond acceptors (Lipinski definition) is 6. The Kier molecular flexibility index (Phi) is 9.08. The SMILES string of the molecule is O=C(Cc1cnn(-c2cccc(Cl)c2)c1)c1ccc(Oc2c(Cl)cc3c(c2Cl)OCCC3C(=O)[O-])cc1.[Na+]. The zero-order chi connectivity index (χ0) is 26.1. The first-order chi connectivity index (χ1) is 17.8. The van der Waals surface area contributed by atoms with Gasteiger partial charge in [0.2, 0.25) is 0 Å². The minimum Gasteiger partial charge on any atom is -0.549 e. The van der Waals surface area contributed by atoms with E-state index in [9.17, 15) is 14.7 Å². The molecule has 1 aliphatic rings. The molecule has 0 radical (unpaired) electrons. The number of carboxylic acids is 1. The van der Waals surface area contributed by atoms with E-state index in [1.54, 1.807) is 53.5 Å². The van der Waals surface area contributed by atoms with E-state index < -0.39 is 11.9 Å². The van der Waals surface area contributed by atoms with Crippen molar-refractivity contribution in [2.45, 2.75) is 18.8 Å². The Bertz CT molecular complexity index is 1510. The number of carbonyl (C=O) groups excluding carboxylic acids is 2. The molecule has 38 heavy (non-hydrogen) atoms. The Hall–Kier alpha value is -2.52. The molecule has 1 unspecified atom stereocenters. The summed E-state index contributed by atoms with van der Waals surface area (Å²) < 4.78 is 13.1. The number of rotatable bonds is 7. The van der Waals surface area contributed by atoms with E-state index in [1.165, 1.54) is 6.07 Å². The molecule has 0 aliphatic carbocycles. The number of Topliss-reactive ketones (excluding diaryl/α,β-unsaturated/α-hetero) is 1. The minimum atomic E-state index is -1.22. The summed E-state index contributed by atoms with van der Waals surface area (Å²) in [5.74, 6) is -1.44. The van der Waals surface area contributed by atoms with Crippen LogP contribution < -0.4 is 44.1 Å². The molecule has 188 valence electrons. The van der Waals surface area contributed by atoms with Crippen molar-refractivity contribution in [1.29, 1.82) is 0 Å². The molecule has 0 amide bonds. The summed E-state index contributed by atoms with van der Waals surface area (Å²) in [7, 11) is 0. The maximum absolute atomic E-state index is 12.8. The predicted molar refractivity (Wildman–Crippen MR) is 137 cm³/mol. The van der Waals surface area contributed by atoms with Gasteiger partial charge in [-0.3, -0.25) is 4.79 Å². The van der Waals surface area contributed by atoms with E-state index >= 15 is 0 Å². The van der Waals surface area contributed by atoms with Crippen molar-refractivity contribution in [3.05, 3.63) is 98.7 Å². The maximum atomic E-state index is 12.8. The van der Waals surface area contributed by atoms with E-state index in [1.807, 2.05) is 12.1 Å². The van der Waals surface area contributed by atoms with Gasteiger partial charge in [0.1, 0.15) is 16.5 Å². The molecular weight excluding hydrogens is 562 g/mol. The van der Waals surface area contributed by atoms with Gasteiger partial charge in [0.15, 0.2) is 11.5 Å². The number of aromatic nitrogens is 2. The van der Waals surface area contributed by atoms with E-state index in [2.05, 4.69) is 5.10 Å². The zero-order valence-electron chi connectivity index (χ0n) is 20.1.